The lowest BCUT2D eigenvalue weighted by atomic mass is 9.74. The number of fused-ring (bicyclic) bond motifs is 5. The fourth-order valence-electron chi connectivity index (χ4n) is 4.74. The number of nitrogens with zero attached hydrogens (tertiary/aromatic N) is 1. The number of nitrogens with one attached hydrogen (secondary N) is 1. The molecule has 2 N–H and O–H groups in total. The smallest absolute Gasteiger partial charge is 0.126 e. The second-order valence-corrected chi connectivity index (χ2v) is 8.85. The SMILES string of the molecule is CC1(C)Cc2nc(Cc3cc(F)cc(F)c3)c3[nH]c4ccccc4c3c2C(O)C1. The average Bonchev–Trinajstić information content (AvgIpc) is 2.99. The quantitative estimate of drug-likeness (QED) is 0.467. The van der Waals surface area contributed by atoms with Gasteiger partial charge < -0.3 is 10.1 Å². The second kappa shape index (κ2) is 6.36. The van der Waals surface area contributed by atoms with Gasteiger partial charge in [-0.1, -0.05) is 32.0 Å². The molecule has 5 rings (SSSR count). The van der Waals surface area contributed by atoms with Crippen LogP contribution in [-0.2, 0) is 12.8 Å². The van der Waals surface area contributed by atoms with E-state index in [0.29, 0.717) is 18.4 Å². The van der Waals surface area contributed by atoms with E-state index >= 15 is 0 Å². The molecule has 5 heteroatoms. The van der Waals surface area contributed by atoms with Crippen molar-refractivity contribution in [2.24, 2.45) is 5.41 Å². The van der Waals surface area contributed by atoms with Gasteiger partial charge in [0.15, 0.2) is 0 Å². The van der Waals surface area contributed by atoms with E-state index in [1.54, 1.807) is 0 Å². The Bertz CT molecular complexity index is 1240. The molecule has 0 saturated heterocycles. The van der Waals surface area contributed by atoms with Gasteiger partial charge in [0, 0.05) is 40.0 Å². The molecule has 0 saturated carbocycles. The van der Waals surface area contributed by atoms with Crippen molar-refractivity contribution >= 4 is 21.8 Å². The molecule has 3 nitrogen and oxygen atoms in total. The summed E-state index contributed by atoms with van der Waals surface area (Å²) in [7, 11) is 0. The van der Waals surface area contributed by atoms with E-state index < -0.39 is 17.7 Å². The monoisotopic (exact) mass is 392 g/mol. The Morgan fingerprint density at radius 2 is 1.86 bits per heavy atom. The van der Waals surface area contributed by atoms with Gasteiger partial charge >= 0.3 is 0 Å². The fourth-order valence-corrected chi connectivity index (χ4v) is 4.74. The number of para-hydroxylation sites is 1. The van der Waals surface area contributed by atoms with Gasteiger partial charge in [-0.3, -0.25) is 4.98 Å². The molecule has 2 aromatic heterocycles. The summed E-state index contributed by atoms with van der Waals surface area (Å²) in [5.41, 5.74) is 4.75. The minimum absolute atomic E-state index is 0.0680. The van der Waals surface area contributed by atoms with E-state index in [1.165, 1.54) is 12.1 Å². The van der Waals surface area contributed by atoms with Crippen molar-refractivity contribution in [2.45, 2.75) is 39.2 Å². The van der Waals surface area contributed by atoms with Crippen LogP contribution in [0.4, 0.5) is 8.78 Å². The third-order valence-electron chi connectivity index (χ3n) is 5.86. The van der Waals surface area contributed by atoms with Crippen LogP contribution in [0, 0.1) is 17.0 Å². The Balaban J connectivity index is 1.79. The zero-order valence-corrected chi connectivity index (χ0v) is 16.4. The number of aromatic amines is 1. The molecule has 148 valence electrons. The molecule has 1 aliphatic rings. The van der Waals surface area contributed by atoms with Gasteiger partial charge in [0.05, 0.1) is 17.3 Å². The normalized spacial score (nSPS) is 18.3. The van der Waals surface area contributed by atoms with E-state index in [-0.39, 0.29) is 5.41 Å². The van der Waals surface area contributed by atoms with Crippen LogP contribution in [0.2, 0.25) is 0 Å². The summed E-state index contributed by atoms with van der Waals surface area (Å²) in [6.07, 6.45) is 1.13. The van der Waals surface area contributed by atoms with E-state index in [1.807, 2.05) is 24.3 Å². The summed E-state index contributed by atoms with van der Waals surface area (Å²) >= 11 is 0. The number of pyridine rings is 1. The summed E-state index contributed by atoms with van der Waals surface area (Å²) in [4.78, 5) is 8.33. The van der Waals surface area contributed by atoms with E-state index in [4.69, 9.17) is 4.98 Å². The number of aromatic nitrogens is 2. The molecule has 1 aliphatic carbocycles. The van der Waals surface area contributed by atoms with Crippen molar-refractivity contribution in [3.63, 3.8) is 0 Å². The largest absolute Gasteiger partial charge is 0.388 e. The van der Waals surface area contributed by atoms with E-state index in [9.17, 15) is 13.9 Å². The lowest BCUT2D eigenvalue weighted by Crippen LogP contribution is -2.27. The van der Waals surface area contributed by atoms with Crippen molar-refractivity contribution in [3.05, 3.63) is 76.6 Å². The van der Waals surface area contributed by atoms with Gasteiger partial charge in [-0.15, -0.1) is 0 Å². The van der Waals surface area contributed by atoms with Gasteiger partial charge in [0.25, 0.3) is 0 Å². The van der Waals surface area contributed by atoms with Crippen molar-refractivity contribution < 1.29 is 13.9 Å². The molecule has 4 aromatic rings. The zero-order chi connectivity index (χ0) is 20.3. The first-order valence-electron chi connectivity index (χ1n) is 9.86. The number of benzene rings is 2. The third kappa shape index (κ3) is 3.10. The predicted molar refractivity (Wildman–Crippen MR) is 110 cm³/mol. The van der Waals surface area contributed by atoms with Crippen molar-refractivity contribution in [2.75, 3.05) is 0 Å². The topological polar surface area (TPSA) is 48.9 Å². The van der Waals surface area contributed by atoms with Gasteiger partial charge in [0.2, 0.25) is 0 Å². The molecule has 0 fully saturated rings. The summed E-state index contributed by atoms with van der Waals surface area (Å²) in [5, 5.41) is 13.0. The van der Waals surface area contributed by atoms with Crippen molar-refractivity contribution in [1.82, 2.24) is 9.97 Å². The number of aliphatic hydroxyl groups is 1. The minimum Gasteiger partial charge on any atom is -0.388 e. The lowest BCUT2D eigenvalue weighted by Gasteiger charge is -2.34. The number of aliphatic hydroxyl groups excluding tert-OH is 1. The molecule has 0 spiro atoms. The van der Waals surface area contributed by atoms with Crippen LogP contribution in [0.3, 0.4) is 0 Å². The van der Waals surface area contributed by atoms with Gasteiger partial charge in [0.1, 0.15) is 11.6 Å². The van der Waals surface area contributed by atoms with Crippen LogP contribution < -0.4 is 0 Å². The first-order valence-corrected chi connectivity index (χ1v) is 9.86. The van der Waals surface area contributed by atoms with Crippen molar-refractivity contribution in [3.8, 4) is 0 Å². The Morgan fingerprint density at radius 3 is 2.62 bits per heavy atom. The molecule has 0 aliphatic heterocycles. The minimum atomic E-state index is -0.595. The van der Waals surface area contributed by atoms with Gasteiger partial charge in [-0.2, -0.15) is 0 Å². The highest BCUT2D eigenvalue weighted by atomic mass is 19.1. The van der Waals surface area contributed by atoms with Gasteiger partial charge in [-0.05, 0) is 42.0 Å². The van der Waals surface area contributed by atoms with E-state index in [0.717, 1.165) is 51.2 Å². The van der Waals surface area contributed by atoms with Crippen LogP contribution in [-0.4, -0.2) is 15.1 Å². The molecule has 1 atom stereocenters. The number of hydrogen-bond acceptors (Lipinski definition) is 2. The van der Waals surface area contributed by atoms with Gasteiger partial charge in [-0.25, -0.2) is 8.78 Å². The van der Waals surface area contributed by atoms with Crippen LogP contribution >= 0.6 is 0 Å². The Morgan fingerprint density at radius 1 is 1.14 bits per heavy atom. The van der Waals surface area contributed by atoms with Crippen LogP contribution in [0.25, 0.3) is 21.8 Å². The van der Waals surface area contributed by atoms with Crippen LogP contribution in [0.5, 0.6) is 0 Å². The van der Waals surface area contributed by atoms with Crippen LogP contribution in [0.15, 0.2) is 42.5 Å². The lowest BCUT2D eigenvalue weighted by molar-refractivity contribution is 0.0997. The van der Waals surface area contributed by atoms with Crippen LogP contribution in [0.1, 0.15) is 48.9 Å². The molecule has 2 heterocycles. The molecule has 0 bridgehead atoms. The maximum absolute atomic E-state index is 13.7. The molecular weight excluding hydrogens is 370 g/mol. The first-order chi connectivity index (χ1) is 13.8. The summed E-state index contributed by atoms with van der Waals surface area (Å²) in [6, 6.07) is 11.5. The Labute approximate surface area is 167 Å². The zero-order valence-electron chi connectivity index (χ0n) is 16.4. The maximum Gasteiger partial charge on any atom is 0.126 e. The number of H-pyrrole nitrogens is 1. The highest BCUT2D eigenvalue weighted by Crippen LogP contribution is 2.45. The standard InChI is InChI=1S/C24H22F2N2O/c1-24(2)11-19-22(20(29)12-24)21-16-5-3-4-6-17(16)28-23(21)18(27-19)9-13-7-14(25)10-15(26)8-13/h3-8,10,20,28-29H,9,11-12H2,1-2H3. The predicted octanol–water partition coefficient (Wildman–Crippen LogP) is 5.59. The first kappa shape index (κ1) is 18.3. The molecule has 2 aromatic carbocycles. The molecule has 0 radical (unpaired) electrons. The second-order valence-electron chi connectivity index (χ2n) is 8.85. The number of halogens is 2. The fraction of sp³-hybridized carbons (Fsp3) is 0.292. The highest BCUT2D eigenvalue weighted by Gasteiger charge is 2.35. The number of rotatable bonds is 2. The molecule has 1 unspecified atom stereocenters. The summed E-state index contributed by atoms with van der Waals surface area (Å²) in [5.74, 6) is -1.19. The Kier molecular flexibility index (Phi) is 4.00. The Hall–Kier alpha value is -2.79. The van der Waals surface area contributed by atoms with E-state index in [2.05, 4.69) is 18.8 Å². The summed E-state index contributed by atoms with van der Waals surface area (Å²) in [6.45, 7) is 4.25. The maximum atomic E-state index is 13.7. The molecule has 0 amide bonds. The average molecular weight is 392 g/mol. The molecular formula is C24H22F2N2O. The third-order valence-corrected chi connectivity index (χ3v) is 5.86. The van der Waals surface area contributed by atoms with Crippen molar-refractivity contribution in [1.29, 1.82) is 0 Å². The highest BCUT2D eigenvalue weighted by molar-refractivity contribution is 6.10. The molecule has 29 heavy (non-hydrogen) atoms. The summed E-state index contributed by atoms with van der Waals surface area (Å²) < 4.78 is 27.5. The number of hydrogen-bond donors (Lipinski definition) is 2.